The Balaban J connectivity index is 0.740. The molecule has 0 spiro atoms. The SMILES string of the molecule is Cn1c2ccncc2c2ccc(-c3cnc(NN4CCC(CCN5CCN(c6ccc7c(c6)C(=O)N(C6CCC(=O)NC6=O)C7=O)CC5)CC4)c(F)c3)cc21. The van der Waals surface area contributed by atoms with Crippen LogP contribution in [0.3, 0.4) is 0 Å². The molecule has 9 rings (SSSR count). The van der Waals surface area contributed by atoms with Crippen LogP contribution < -0.4 is 15.6 Å². The number of piperidine rings is 2. The first-order valence-electron chi connectivity index (χ1n) is 19.0. The molecule has 1 unspecified atom stereocenters. The minimum Gasteiger partial charge on any atom is -0.369 e. The summed E-state index contributed by atoms with van der Waals surface area (Å²) < 4.78 is 17.5. The van der Waals surface area contributed by atoms with Gasteiger partial charge < -0.3 is 14.9 Å². The van der Waals surface area contributed by atoms with E-state index in [0.717, 1.165) is 109 Å². The number of aromatic nitrogens is 3. The zero-order chi connectivity index (χ0) is 37.8. The smallest absolute Gasteiger partial charge is 0.262 e. The van der Waals surface area contributed by atoms with Gasteiger partial charge in [-0.2, -0.15) is 0 Å². The third-order valence-electron chi connectivity index (χ3n) is 11.9. The van der Waals surface area contributed by atoms with Crippen molar-refractivity contribution in [2.75, 3.05) is 56.1 Å². The molecule has 13 nitrogen and oxygen atoms in total. The summed E-state index contributed by atoms with van der Waals surface area (Å²) in [7, 11) is 2.03. The van der Waals surface area contributed by atoms with Crippen LogP contribution in [0.25, 0.3) is 32.9 Å². The maximum atomic E-state index is 15.4. The van der Waals surface area contributed by atoms with E-state index in [1.54, 1.807) is 30.6 Å². The number of anilines is 2. The van der Waals surface area contributed by atoms with E-state index in [-0.39, 0.29) is 24.5 Å². The number of piperazine rings is 1. The fraction of sp³-hybridized carbons (Fsp3) is 0.366. The molecule has 4 aliphatic rings. The van der Waals surface area contributed by atoms with Crippen molar-refractivity contribution in [3.05, 3.63) is 84.1 Å². The first kappa shape index (κ1) is 35.0. The van der Waals surface area contributed by atoms with Gasteiger partial charge in [-0.25, -0.2) is 14.4 Å². The third-order valence-corrected chi connectivity index (χ3v) is 11.9. The summed E-state index contributed by atoms with van der Waals surface area (Å²) in [5, 5.41) is 6.51. The molecule has 14 heteroatoms. The lowest BCUT2D eigenvalue weighted by atomic mass is 9.94. The van der Waals surface area contributed by atoms with Gasteiger partial charge >= 0.3 is 0 Å². The van der Waals surface area contributed by atoms with Crippen molar-refractivity contribution < 1.29 is 23.6 Å². The largest absolute Gasteiger partial charge is 0.369 e. The maximum absolute atomic E-state index is 15.4. The van der Waals surface area contributed by atoms with E-state index in [2.05, 4.69) is 52.2 Å². The fourth-order valence-corrected chi connectivity index (χ4v) is 8.65. The van der Waals surface area contributed by atoms with Gasteiger partial charge in [0, 0.05) is 98.9 Å². The second-order valence-corrected chi connectivity index (χ2v) is 15.1. The molecule has 0 saturated carbocycles. The number of fused-ring (bicyclic) bond motifs is 4. The Bertz CT molecular complexity index is 2360. The molecule has 4 amide bonds. The van der Waals surface area contributed by atoms with Gasteiger partial charge in [0.05, 0.1) is 16.6 Å². The predicted octanol–water partition coefficient (Wildman–Crippen LogP) is 4.58. The molecule has 5 aromatic rings. The molecule has 55 heavy (non-hydrogen) atoms. The monoisotopic (exact) mass is 743 g/mol. The van der Waals surface area contributed by atoms with Crippen LogP contribution in [0, 0.1) is 11.7 Å². The summed E-state index contributed by atoms with van der Waals surface area (Å²) in [6.45, 7) is 6.01. The highest BCUT2D eigenvalue weighted by atomic mass is 19.1. The van der Waals surface area contributed by atoms with Crippen molar-refractivity contribution >= 4 is 56.9 Å². The molecule has 3 fully saturated rings. The number of rotatable bonds is 8. The molecular weight excluding hydrogens is 702 g/mol. The Morgan fingerprint density at radius 1 is 0.818 bits per heavy atom. The van der Waals surface area contributed by atoms with Gasteiger partial charge in [0.15, 0.2) is 11.6 Å². The van der Waals surface area contributed by atoms with Crippen LogP contribution in [0.15, 0.2) is 67.1 Å². The second kappa shape index (κ2) is 14.2. The lowest BCUT2D eigenvalue weighted by Crippen LogP contribution is -2.54. The van der Waals surface area contributed by atoms with E-state index in [9.17, 15) is 19.2 Å². The van der Waals surface area contributed by atoms with E-state index >= 15 is 4.39 Å². The second-order valence-electron chi connectivity index (χ2n) is 15.1. The van der Waals surface area contributed by atoms with Crippen molar-refractivity contribution in [3.8, 4) is 11.1 Å². The first-order chi connectivity index (χ1) is 26.7. The number of halogens is 1. The summed E-state index contributed by atoms with van der Waals surface area (Å²) in [6, 6.07) is 14.0. The number of aryl methyl sites for hydroxylation is 1. The summed E-state index contributed by atoms with van der Waals surface area (Å²) in [4.78, 5) is 64.9. The third kappa shape index (κ3) is 6.48. The van der Waals surface area contributed by atoms with Gasteiger partial charge in [0.1, 0.15) is 6.04 Å². The normalized spacial score (nSPS) is 20.1. The van der Waals surface area contributed by atoms with Crippen LogP contribution in [0.5, 0.6) is 0 Å². The summed E-state index contributed by atoms with van der Waals surface area (Å²) in [5.41, 5.74) is 8.50. The Morgan fingerprint density at radius 2 is 1.62 bits per heavy atom. The highest BCUT2D eigenvalue weighted by Gasteiger charge is 2.44. The lowest BCUT2D eigenvalue weighted by molar-refractivity contribution is -0.136. The maximum Gasteiger partial charge on any atom is 0.262 e. The van der Waals surface area contributed by atoms with Gasteiger partial charge in [-0.1, -0.05) is 12.1 Å². The quantitative estimate of drug-likeness (QED) is 0.218. The Morgan fingerprint density at radius 3 is 2.40 bits per heavy atom. The van der Waals surface area contributed by atoms with Crippen LogP contribution in [-0.2, 0) is 16.6 Å². The molecule has 2 N–H and O–H groups in total. The van der Waals surface area contributed by atoms with Crippen LogP contribution in [0.1, 0.15) is 52.8 Å². The van der Waals surface area contributed by atoms with Gasteiger partial charge in [-0.15, -0.1) is 0 Å². The summed E-state index contributed by atoms with van der Waals surface area (Å²) >= 11 is 0. The van der Waals surface area contributed by atoms with E-state index in [4.69, 9.17) is 0 Å². The van der Waals surface area contributed by atoms with Crippen molar-refractivity contribution in [2.45, 2.75) is 38.1 Å². The first-order valence-corrected chi connectivity index (χ1v) is 19.0. The number of amides is 4. The molecular formula is C41H42FN9O4. The van der Waals surface area contributed by atoms with Crippen LogP contribution >= 0.6 is 0 Å². The predicted molar refractivity (Wildman–Crippen MR) is 206 cm³/mol. The van der Waals surface area contributed by atoms with E-state index in [1.807, 2.05) is 31.4 Å². The van der Waals surface area contributed by atoms with Crippen molar-refractivity contribution in [3.63, 3.8) is 0 Å². The molecule has 3 aromatic heterocycles. The number of benzene rings is 2. The average molecular weight is 744 g/mol. The lowest BCUT2D eigenvalue weighted by Gasteiger charge is -2.37. The standard InChI is InChI=1S/C41H42FN9O4/c1-47-34-8-12-43-24-32(34)29-4-2-26(21-36(29)47)27-20-33(42)38(44-23-27)46-50-14-10-25(11-15-50)9-13-48-16-18-49(19-17-48)28-3-5-30-31(22-28)41(55)51(40(30)54)35-6-7-37(52)45-39(35)53/h2-5,8,12,20-25,35H,6-7,9-11,13-19H2,1H3,(H,44,46)(H,45,52,53). The molecule has 0 aliphatic carbocycles. The number of hydrogen-bond acceptors (Lipinski definition) is 10. The number of hydrogen-bond donors (Lipinski definition) is 2. The van der Waals surface area contributed by atoms with E-state index in [1.165, 1.54) is 0 Å². The van der Waals surface area contributed by atoms with Crippen LogP contribution in [-0.4, -0.2) is 105 Å². The molecule has 282 valence electrons. The topological polar surface area (TPSA) is 136 Å². The Kier molecular flexibility index (Phi) is 9.01. The van der Waals surface area contributed by atoms with Crippen molar-refractivity contribution in [1.82, 2.24) is 34.7 Å². The highest BCUT2D eigenvalue weighted by molar-refractivity contribution is 6.23. The van der Waals surface area contributed by atoms with Crippen molar-refractivity contribution in [2.24, 2.45) is 13.0 Å². The summed E-state index contributed by atoms with van der Waals surface area (Å²) in [6.07, 6.45) is 8.76. The van der Waals surface area contributed by atoms with Gasteiger partial charge in [-0.05, 0) is 80.1 Å². The minimum absolute atomic E-state index is 0.0925. The number of carbonyl (C=O) groups excluding carboxylic acids is 4. The Hall–Kier alpha value is -5.73. The number of imide groups is 2. The molecule has 2 aromatic carbocycles. The van der Waals surface area contributed by atoms with Crippen LogP contribution in [0.4, 0.5) is 15.9 Å². The number of nitrogens with zero attached hydrogens (tertiary/aromatic N) is 7. The van der Waals surface area contributed by atoms with Gasteiger partial charge in [0.25, 0.3) is 11.8 Å². The molecule has 7 heterocycles. The zero-order valence-corrected chi connectivity index (χ0v) is 30.6. The highest BCUT2D eigenvalue weighted by Crippen LogP contribution is 2.33. The molecule has 4 aliphatic heterocycles. The van der Waals surface area contributed by atoms with Crippen LogP contribution in [0.2, 0.25) is 0 Å². The zero-order valence-electron chi connectivity index (χ0n) is 30.6. The number of nitrogens with one attached hydrogen (secondary N) is 2. The minimum atomic E-state index is -0.971. The average Bonchev–Trinajstić information content (AvgIpc) is 3.63. The molecule has 3 saturated heterocycles. The molecule has 0 radical (unpaired) electrons. The number of carbonyl (C=O) groups is 4. The van der Waals surface area contributed by atoms with Gasteiger partial charge in [-0.3, -0.25) is 39.3 Å². The van der Waals surface area contributed by atoms with Crippen molar-refractivity contribution in [1.29, 1.82) is 0 Å². The van der Waals surface area contributed by atoms with Gasteiger partial charge in [0.2, 0.25) is 11.8 Å². The molecule has 1 atom stereocenters. The van der Waals surface area contributed by atoms with E-state index in [0.29, 0.717) is 17.0 Å². The molecule has 0 bridgehead atoms. The summed E-state index contributed by atoms with van der Waals surface area (Å²) in [5.74, 6) is -1.53. The van der Waals surface area contributed by atoms with E-state index < -0.39 is 29.7 Å². The Labute approximate surface area is 317 Å². The number of hydrazine groups is 1. The number of pyridine rings is 2. The fourth-order valence-electron chi connectivity index (χ4n) is 8.65.